The van der Waals surface area contributed by atoms with E-state index in [9.17, 15) is 0 Å². The summed E-state index contributed by atoms with van der Waals surface area (Å²) in [5.74, 6) is 0.988. The van der Waals surface area contributed by atoms with Crippen molar-refractivity contribution in [3.63, 3.8) is 0 Å². The van der Waals surface area contributed by atoms with E-state index in [-0.39, 0.29) is 6.04 Å². The van der Waals surface area contributed by atoms with E-state index in [4.69, 9.17) is 27.9 Å². The zero-order valence-corrected chi connectivity index (χ0v) is 11.9. The van der Waals surface area contributed by atoms with Crippen LogP contribution >= 0.6 is 23.2 Å². The molecule has 1 aromatic carbocycles. The fraction of sp³-hybridized carbons (Fsp3) is 0.429. The lowest BCUT2D eigenvalue weighted by Gasteiger charge is -2.20. The molecule has 4 heteroatoms. The highest BCUT2D eigenvalue weighted by molar-refractivity contribution is 6.42. The standard InChI is InChI=1S/C14H17Cl2NO/c1-2-7-17-14(13-4-3-8-18-13)10-5-6-11(15)12(16)9-10/h4-6,9,14,17H,2-3,7-8H2,1H3. The van der Waals surface area contributed by atoms with Crippen molar-refractivity contribution < 1.29 is 4.74 Å². The molecule has 1 unspecified atom stereocenters. The summed E-state index contributed by atoms with van der Waals surface area (Å²) >= 11 is 12.0. The van der Waals surface area contributed by atoms with Crippen molar-refractivity contribution in [2.24, 2.45) is 0 Å². The number of hydrogen-bond donors (Lipinski definition) is 1. The van der Waals surface area contributed by atoms with E-state index in [1.165, 1.54) is 0 Å². The van der Waals surface area contributed by atoms with Crippen LogP contribution in [0, 0.1) is 0 Å². The van der Waals surface area contributed by atoms with Gasteiger partial charge in [-0.3, -0.25) is 0 Å². The molecule has 1 aliphatic rings. The van der Waals surface area contributed by atoms with Gasteiger partial charge in [0.2, 0.25) is 0 Å². The number of benzene rings is 1. The summed E-state index contributed by atoms with van der Waals surface area (Å²) in [5, 5.41) is 4.64. The Morgan fingerprint density at radius 3 is 2.78 bits per heavy atom. The smallest absolute Gasteiger partial charge is 0.114 e. The first-order valence-electron chi connectivity index (χ1n) is 6.23. The van der Waals surface area contributed by atoms with Gasteiger partial charge in [0.15, 0.2) is 0 Å². The van der Waals surface area contributed by atoms with Crippen LogP contribution in [0.4, 0.5) is 0 Å². The Morgan fingerprint density at radius 2 is 2.17 bits per heavy atom. The fourth-order valence-corrected chi connectivity index (χ4v) is 2.31. The van der Waals surface area contributed by atoms with Gasteiger partial charge in [0.1, 0.15) is 5.76 Å². The second kappa shape index (κ2) is 6.46. The van der Waals surface area contributed by atoms with E-state index in [1.54, 1.807) is 0 Å². The first-order chi connectivity index (χ1) is 8.72. The molecule has 0 fully saturated rings. The minimum absolute atomic E-state index is 0.0715. The third kappa shape index (κ3) is 3.19. The number of hydrogen-bond acceptors (Lipinski definition) is 2. The SMILES string of the molecule is CCCNC(C1=CCCO1)c1ccc(Cl)c(Cl)c1. The van der Waals surface area contributed by atoms with E-state index >= 15 is 0 Å². The molecule has 1 N–H and O–H groups in total. The molecule has 98 valence electrons. The Morgan fingerprint density at radius 1 is 1.33 bits per heavy atom. The lowest BCUT2D eigenvalue weighted by atomic mass is 10.0. The normalized spacial score (nSPS) is 16.3. The third-order valence-electron chi connectivity index (χ3n) is 2.89. The summed E-state index contributed by atoms with van der Waals surface area (Å²) in [6.07, 6.45) is 4.18. The van der Waals surface area contributed by atoms with E-state index in [2.05, 4.69) is 18.3 Å². The first-order valence-corrected chi connectivity index (χ1v) is 6.99. The first kappa shape index (κ1) is 13.7. The molecule has 2 nitrogen and oxygen atoms in total. The molecule has 0 amide bonds. The van der Waals surface area contributed by atoms with Crippen LogP contribution in [-0.4, -0.2) is 13.2 Å². The number of halogens is 2. The fourth-order valence-electron chi connectivity index (χ4n) is 2.00. The zero-order chi connectivity index (χ0) is 13.0. The van der Waals surface area contributed by atoms with Crippen LogP contribution in [0.3, 0.4) is 0 Å². The van der Waals surface area contributed by atoms with Gasteiger partial charge in [-0.05, 0) is 36.7 Å². The summed E-state index contributed by atoms with van der Waals surface area (Å²) in [4.78, 5) is 0. The van der Waals surface area contributed by atoms with Crippen molar-refractivity contribution in [3.05, 3.63) is 45.6 Å². The molecule has 1 atom stereocenters. The van der Waals surface area contributed by atoms with Crippen LogP contribution in [-0.2, 0) is 4.74 Å². The molecule has 1 heterocycles. The molecule has 0 saturated carbocycles. The van der Waals surface area contributed by atoms with Gasteiger partial charge in [-0.15, -0.1) is 0 Å². The van der Waals surface area contributed by atoms with Gasteiger partial charge >= 0.3 is 0 Å². The molecule has 1 aromatic rings. The molecule has 0 bridgehead atoms. The maximum absolute atomic E-state index is 6.08. The predicted octanol–water partition coefficient (Wildman–Crippen LogP) is 4.34. The second-order valence-electron chi connectivity index (χ2n) is 4.30. The minimum Gasteiger partial charge on any atom is -0.496 e. The second-order valence-corrected chi connectivity index (χ2v) is 5.12. The highest BCUT2D eigenvalue weighted by atomic mass is 35.5. The van der Waals surface area contributed by atoms with Gasteiger partial charge in [0.05, 0.1) is 22.7 Å². The molecular weight excluding hydrogens is 269 g/mol. The van der Waals surface area contributed by atoms with Gasteiger partial charge in [0.25, 0.3) is 0 Å². The summed E-state index contributed by atoms with van der Waals surface area (Å²) in [6, 6.07) is 5.79. The van der Waals surface area contributed by atoms with E-state index in [0.717, 1.165) is 37.3 Å². The van der Waals surface area contributed by atoms with Gasteiger partial charge in [0, 0.05) is 6.42 Å². The molecule has 0 aliphatic carbocycles. The molecule has 0 radical (unpaired) electrons. The monoisotopic (exact) mass is 285 g/mol. The van der Waals surface area contributed by atoms with Crippen LogP contribution in [0.15, 0.2) is 30.0 Å². The van der Waals surface area contributed by atoms with Crippen molar-refractivity contribution in [1.82, 2.24) is 5.32 Å². The Bertz CT molecular complexity index is 445. The molecular formula is C14H17Cl2NO. The number of ether oxygens (including phenoxy) is 1. The largest absolute Gasteiger partial charge is 0.496 e. The Labute approximate surface area is 118 Å². The van der Waals surface area contributed by atoms with Crippen LogP contribution in [0.5, 0.6) is 0 Å². The number of nitrogens with one attached hydrogen (secondary N) is 1. The molecule has 2 rings (SSSR count). The minimum atomic E-state index is 0.0715. The summed E-state index contributed by atoms with van der Waals surface area (Å²) in [5.41, 5.74) is 1.09. The molecule has 1 aliphatic heterocycles. The third-order valence-corrected chi connectivity index (χ3v) is 3.63. The molecule has 0 saturated heterocycles. The van der Waals surface area contributed by atoms with Crippen molar-refractivity contribution in [2.45, 2.75) is 25.8 Å². The predicted molar refractivity (Wildman–Crippen MR) is 76.1 cm³/mol. The van der Waals surface area contributed by atoms with Crippen LogP contribution < -0.4 is 5.32 Å². The average Bonchev–Trinajstić information content (AvgIpc) is 2.88. The summed E-state index contributed by atoms with van der Waals surface area (Å²) < 4.78 is 5.66. The van der Waals surface area contributed by atoms with Crippen molar-refractivity contribution in [2.75, 3.05) is 13.2 Å². The van der Waals surface area contributed by atoms with Crippen molar-refractivity contribution in [1.29, 1.82) is 0 Å². The Kier molecular flexibility index (Phi) is 4.93. The maximum Gasteiger partial charge on any atom is 0.114 e. The van der Waals surface area contributed by atoms with Crippen LogP contribution in [0.2, 0.25) is 10.0 Å². The number of rotatable bonds is 5. The molecule has 0 aromatic heterocycles. The quantitative estimate of drug-likeness (QED) is 0.869. The molecule has 0 spiro atoms. The topological polar surface area (TPSA) is 21.3 Å². The van der Waals surface area contributed by atoms with E-state index in [1.807, 2.05) is 18.2 Å². The van der Waals surface area contributed by atoms with Gasteiger partial charge in [-0.25, -0.2) is 0 Å². The van der Waals surface area contributed by atoms with Crippen LogP contribution in [0.25, 0.3) is 0 Å². The lowest BCUT2D eigenvalue weighted by molar-refractivity contribution is 0.215. The average molecular weight is 286 g/mol. The van der Waals surface area contributed by atoms with Gasteiger partial charge in [-0.1, -0.05) is 36.2 Å². The highest BCUT2D eigenvalue weighted by Crippen LogP contribution is 2.31. The zero-order valence-electron chi connectivity index (χ0n) is 10.4. The molecule has 18 heavy (non-hydrogen) atoms. The maximum atomic E-state index is 6.08. The summed E-state index contributed by atoms with van der Waals surface area (Å²) in [7, 11) is 0. The van der Waals surface area contributed by atoms with E-state index < -0.39 is 0 Å². The Hall–Kier alpha value is -0.700. The van der Waals surface area contributed by atoms with Crippen LogP contribution in [0.1, 0.15) is 31.4 Å². The van der Waals surface area contributed by atoms with E-state index in [0.29, 0.717) is 10.0 Å². The van der Waals surface area contributed by atoms with Crippen molar-refractivity contribution in [3.8, 4) is 0 Å². The highest BCUT2D eigenvalue weighted by Gasteiger charge is 2.20. The van der Waals surface area contributed by atoms with Crippen molar-refractivity contribution >= 4 is 23.2 Å². The lowest BCUT2D eigenvalue weighted by Crippen LogP contribution is -2.24. The van der Waals surface area contributed by atoms with Gasteiger partial charge in [-0.2, -0.15) is 0 Å². The Balaban J connectivity index is 2.23. The summed E-state index contributed by atoms with van der Waals surface area (Å²) in [6.45, 7) is 3.84. The van der Waals surface area contributed by atoms with Gasteiger partial charge < -0.3 is 10.1 Å².